The Morgan fingerprint density at radius 1 is 1.22 bits per heavy atom. The standard InChI is InChI=1S/C23H30FN5O3/c1-23(2,32-6)22(31)28(5)14-19-25-18(12-20(26-19)27(3)4)15-11-21(30)29(13-15)17-9-7-16(24)8-10-17/h7-10,12,15H,11,13-14H2,1-6H3/t15-/m1/s1. The molecule has 1 fully saturated rings. The maximum absolute atomic E-state index is 13.3. The number of likely N-dealkylation sites (N-methyl/N-ethyl adjacent to an activating group) is 1. The van der Waals surface area contributed by atoms with E-state index in [1.54, 1.807) is 37.9 Å². The summed E-state index contributed by atoms with van der Waals surface area (Å²) in [5, 5.41) is 0. The Morgan fingerprint density at radius 3 is 2.47 bits per heavy atom. The zero-order valence-corrected chi connectivity index (χ0v) is 19.4. The Labute approximate surface area is 188 Å². The van der Waals surface area contributed by atoms with Gasteiger partial charge in [-0.15, -0.1) is 0 Å². The summed E-state index contributed by atoms with van der Waals surface area (Å²) in [4.78, 5) is 39.7. The van der Waals surface area contributed by atoms with E-state index in [1.807, 2.05) is 25.1 Å². The Morgan fingerprint density at radius 2 is 1.88 bits per heavy atom. The molecule has 0 spiro atoms. The highest BCUT2D eigenvalue weighted by Crippen LogP contribution is 2.32. The summed E-state index contributed by atoms with van der Waals surface area (Å²) in [6.45, 7) is 4.08. The van der Waals surface area contributed by atoms with E-state index in [2.05, 4.69) is 4.98 Å². The van der Waals surface area contributed by atoms with Gasteiger partial charge in [0.15, 0.2) is 0 Å². The molecule has 9 heteroatoms. The second-order valence-corrected chi connectivity index (χ2v) is 8.72. The van der Waals surface area contributed by atoms with E-state index in [0.717, 1.165) is 5.69 Å². The first kappa shape index (κ1) is 23.6. The number of nitrogens with zero attached hydrogens (tertiary/aromatic N) is 5. The molecule has 1 aliphatic heterocycles. The van der Waals surface area contributed by atoms with Crippen LogP contribution in [0.5, 0.6) is 0 Å². The molecule has 0 bridgehead atoms. The molecular weight excluding hydrogens is 413 g/mol. The van der Waals surface area contributed by atoms with Crippen LogP contribution in [-0.2, 0) is 20.9 Å². The average Bonchev–Trinajstić information content (AvgIpc) is 3.15. The molecule has 32 heavy (non-hydrogen) atoms. The van der Waals surface area contributed by atoms with Gasteiger partial charge in [-0.1, -0.05) is 0 Å². The van der Waals surface area contributed by atoms with Crippen molar-refractivity contribution < 1.29 is 18.7 Å². The number of methoxy groups -OCH3 is 1. The minimum absolute atomic E-state index is 0.0395. The van der Waals surface area contributed by atoms with E-state index in [-0.39, 0.29) is 30.1 Å². The molecule has 1 aliphatic rings. The van der Waals surface area contributed by atoms with Crippen molar-refractivity contribution in [3.63, 3.8) is 0 Å². The molecule has 1 aromatic carbocycles. The lowest BCUT2D eigenvalue weighted by Gasteiger charge is -2.28. The minimum atomic E-state index is -0.954. The van der Waals surface area contributed by atoms with E-state index in [9.17, 15) is 14.0 Å². The second kappa shape index (κ2) is 9.20. The van der Waals surface area contributed by atoms with Gasteiger partial charge in [-0.05, 0) is 38.1 Å². The predicted molar refractivity (Wildman–Crippen MR) is 120 cm³/mol. The smallest absolute Gasteiger partial charge is 0.254 e. The summed E-state index contributed by atoms with van der Waals surface area (Å²) >= 11 is 0. The molecule has 0 radical (unpaired) electrons. The van der Waals surface area contributed by atoms with E-state index >= 15 is 0 Å². The lowest BCUT2D eigenvalue weighted by Crippen LogP contribution is -2.44. The Kier molecular flexibility index (Phi) is 6.78. The highest BCUT2D eigenvalue weighted by atomic mass is 19.1. The van der Waals surface area contributed by atoms with Crippen LogP contribution in [0, 0.1) is 5.82 Å². The van der Waals surface area contributed by atoms with Crippen LogP contribution in [0.15, 0.2) is 30.3 Å². The van der Waals surface area contributed by atoms with Crippen molar-refractivity contribution in [2.45, 2.75) is 38.3 Å². The molecule has 2 heterocycles. The van der Waals surface area contributed by atoms with Crippen molar-refractivity contribution in [3.05, 3.63) is 47.7 Å². The van der Waals surface area contributed by atoms with Crippen molar-refractivity contribution in [2.24, 2.45) is 0 Å². The van der Waals surface area contributed by atoms with Crippen LogP contribution in [0.2, 0.25) is 0 Å². The number of anilines is 2. The summed E-state index contributed by atoms with van der Waals surface area (Å²) < 4.78 is 18.6. The van der Waals surface area contributed by atoms with E-state index < -0.39 is 5.60 Å². The summed E-state index contributed by atoms with van der Waals surface area (Å²) in [6.07, 6.45) is 0.298. The molecule has 1 saturated heterocycles. The molecule has 1 atom stereocenters. The number of amides is 2. The van der Waals surface area contributed by atoms with Gasteiger partial charge in [0.25, 0.3) is 5.91 Å². The molecule has 2 amide bonds. The second-order valence-electron chi connectivity index (χ2n) is 8.72. The number of aromatic nitrogens is 2. The Balaban J connectivity index is 1.85. The van der Waals surface area contributed by atoms with Crippen LogP contribution < -0.4 is 9.80 Å². The quantitative estimate of drug-likeness (QED) is 0.655. The summed E-state index contributed by atoms with van der Waals surface area (Å²) in [7, 11) is 6.94. The van der Waals surface area contributed by atoms with E-state index in [0.29, 0.717) is 30.3 Å². The molecule has 3 rings (SSSR count). The van der Waals surface area contributed by atoms with Gasteiger partial charge in [-0.2, -0.15) is 0 Å². The number of rotatable bonds is 7. The SMILES string of the molecule is COC(C)(C)C(=O)N(C)Cc1nc([C@@H]2CC(=O)N(c3ccc(F)cc3)C2)cc(N(C)C)n1. The van der Waals surface area contributed by atoms with Gasteiger partial charge < -0.3 is 19.4 Å². The molecule has 0 aliphatic carbocycles. The zero-order chi connectivity index (χ0) is 23.6. The van der Waals surface area contributed by atoms with Crippen LogP contribution in [0.4, 0.5) is 15.9 Å². The molecule has 2 aromatic rings. The van der Waals surface area contributed by atoms with Crippen molar-refractivity contribution in [3.8, 4) is 0 Å². The molecule has 172 valence electrons. The molecule has 0 unspecified atom stereocenters. The Hall–Kier alpha value is -3.07. The first-order chi connectivity index (χ1) is 15.0. The van der Waals surface area contributed by atoms with Crippen molar-refractivity contribution in [1.29, 1.82) is 0 Å². The highest BCUT2D eigenvalue weighted by molar-refractivity contribution is 5.96. The van der Waals surface area contributed by atoms with Crippen molar-refractivity contribution in [1.82, 2.24) is 14.9 Å². The molecule has 0 saturated carbocycles. The van der Waals surface area contributed by atoms with Crippen LogP contribution in [0.3, 0.4) is 0 Å². The fourth-order valence-corrected chi connectivity index (χ4v) is 3.62. The topological polar surface area (TPSA) is 78.9 Å². The fraction of sp³-hybridized carbons (Fsp3) is 0.478. The maximum Gasteiger partial charge on any atom is 0.254 e. The molecule has 8 nitrogen and oxygen atoms in total. The van der Waals surface area contributed by atoms with Gasteiger partial charge in [-0.25, -0.2) is 14.4 Å². The minimum Gasteiger partial charge on any atom is -0.369 e. The third-order valence-electron chi connectivity index (χ3n) is 5.67. The van der Waals surface area contributed by atoms with E-state index in [1.165, 1.54) is 24.1 Å². The maximum atomic E-state index is 13.3. The number of carbonyl (C=O) groups is 2. The molecular formula is C23H30FN5O3. The Bertz CT molecular complexity index is 994. The van der Waals surface area contributed by atoms with Gasteiger partial charge in [-0.3, -0.25) is 9.59 Å². The predicted octanol–water partition coefficient (Wildman–Crippen LogP) is 2.59. The first-order valence-corrected chi connectivity index (χ1v) is 10.4. The third-order valence-corrected chi connectivity index (χ3v) is 5.67. The summed E-state index contributed by atoms with van der Waals surface area (Å²) in [5.41, 5.74) is 0.446. The summed E-state index contributed by atoms with van der Waals surface area (Å²) in [5.74, 6) is 0.486. The number of hydrogen-bond acceptors (Lipinski definition) is 6. The van der Waals surface area contributed by atoms with Crippen molar-refractivity contribution >= 4 is 23.3 Å². The van der Waals surface area contributed by atoms with Gasteiger partial charge >= 0.3 is 0 Å². The van der Waals surface area contributed by atoms with Gasteiger partial charge in [0, 0.05) is 58.9 Å². The normalized spacial score (nSPS) is 16.4. The number of carbonyl (C=O) groups excluding carboxylic acids is 2. The average molecular weight is 444 g/mol. The first-order valence-electron chi connectivity index (χ1n) is 10.4. The van der Waals surface area contributed by atoms with Crippen LogP contribution in [0.1, 0.15) is 37.7 Å². The third kappa shape index (κ3) is 5.04. The summed E-state index contributed by atoms with van der Waals surface area (Å²) in [6, 6.07) is 7.76. The lowest BCUT2D eigenvalue weighted by molar-refractivity contribution is -0.150. The van der Waals surface area contributed by atoms with Gasteiger partial charge in [0.2, 0.25) is 5.91 Å². The number of benzene rings is 1. The molecule has 0 N–H and O–H groups in total. The van der Waals surface area contributed by atoms with Crippen LogP contribution in [0.25, 0.3) is 0 Å². The van der Waals surface area contributed by atoms with E-state index in [4.69, 9.17) is 9.72 Å². The molecule has 1 aromatic heterocycles. The number of halogens is 1. The van der Waals surface area contributed by atoms with Gasteiger partial charge in [0.05, 0.1) is 12.2 Å². The zero-order valence-electron chi connectivity index (χ0n) is 19.4. The largest absolute Gasteiger partial charge is 0.369 e. The van der Waals surface area contributed by atoms with Crippen LogP contribution >= 0.6 is 0 Å². The van der Waals surface area contributed by atoms with Gasteiger partial charge in [0.1, 0.15) is 23.1 Å². The fourth-order valence-electron chi connectivity index (χ4n) is 3.62. The monoisotopic (exact) mass is 443 g/mol. The number of ether oxygens (including phenoxy) is 1. The highest BCUT2D eigenvalue weighted by Gasteiger charge is 2.34. The van der Waals surface area contributed by atoms with Crippen molar-refractivity contribution in [2.75, 3.05) is 44.6 Å². The lowest BCUT2D eigenvalue weighted by atomic mass is 10.0. The van der Waals surface area contributed by atoms with Crippen LogP contribution in [-0.4, -0.2) is 67.1 Å². The number of hydrogen-bond donors (Lipinski definition) is 0.